The van der Waals surface area contributed by atoms with Crippen LogP contribution in [-0.4, -0.2) is 26.1 Å². The summed E-state index contributed by atoms with van der Waals surface area (Å²) in [5.41, 5.74) is -0.174. The summed E-state index contributed by atoms with van der Waals surface area (Å²) in [7, 11) is 1.62. The summed E-state index contributed by atoms with van der Waals surface area (Å²) >= 11 is 1.27. The molecule has 7 nitrogen and oxygen atoms in total. The third kappa shape index (κ3) is 3.10. The van der Waals surface area contributed by atoms with Crippen molar-refractivity contribution in [3.63, 3.8) is 0 Å². The van der Waals surface area contributed by atoms with Crippen molar-refractivity contribution < 1.29 is 9.53 Å². The van der Waals surface area contributed by atoms with E-state index in [0.29, 0.717) is 17.1 Å². The minimum atomic E-state index is -0.948. The van der Waals surface area contributed by atoms with Gasteiger partial charge in [0.2, 0.25) is 0 Å². The van der Waals surface area contributed by atoms with E-state index in [-0.39, 0.29) is 12.6 Å². The summed E-state index contributed by atoms with van der Waals surface area (Å²) in [6.45, 7) is 7.25. The van der Waals surface area contributed by atoms with Gasteiger partial charge in [-0.2, -0.15) is 4.37 Å². The van der Waals surface area contributed by atoms with E-state index in [1.165, 1.54) is 22.2 Å². The van der Waals surface area contributed by atoms with Crippen molar-refractivity contribution in [2.75, 3.05) is 6.61 Å². The van der Waals surface area contributed by atoms with Crippen molar-refractivity contribution in [2.45, 2.75) is 33.1 Å². The van der Waals surface area contributed by atoms with Gasteiger partial charge in [-0.3, -0.25) is 9.59 Å². The zero-order valence-corrected chi connectivity index (χ0v) is 16.7. The maximum atomic E-state index is 12.6. The molecular formula is C19H21N3O4S. The van der Waals surface area contributed by atoms with E-state index < -0.39 is 16.7 Å². The van der Waals surface area contributed by atoms with Crippen LogP contribution in [0.3, 0.4) is 0 Å². The third-order valence-electron chi connectivity index (χ3n) is 4.65. The van der Waals surface area contributed by atoms with Crippen molar-refractivity contribution in [1.82, 2.24) is 13.5 Å². The lowest BCUT2D eigenvalue weighted by Crippen LogP contribution is -2.38. The smallest absolute Gasteiger partial charge is 0.335 e. The predicted octanol–water partition coefficient (Wildman–Crippen LogP) is 2.30. The highest BCUT2D eigenvalue weighted by molar-refractivity contribution is 7.13. The molecule has 142 valence electrons. The lowest BCUT2D eigenvalue weighted by molar-refractivity contribution is -0.148. The van der Waals surface area contributed by atoms with Crippen molar-refractivity contribution in [3.05, 3.63) is 56.5 Å². The Labute approximate surface area is 160 Å². The number of carbonyl (C=O) groups is 1. The summed E-state index contributed by atoms with van der Waals surface area (Å²) in [5, 5.41) is 0.727. The van der Waals surface area contributed by atoms with Gasteiger partial charge in [-0.25, -0.2) is 9.36 Å². The molecule has 0 fully saturated rings. The zero-order chi connectivity index (χ0) is 19.9. The number of hydrogen-bond donors (Lipinski definition) is 0. The van der Waals surface area contributed by atoms with Crippen molar-refractivity contribution >= 4 is 27.6 Å². The molecule has 0 radical (unpaired) electrons. The zero-order valence-electron chi connectivity index (χ0n) is 15.9. The number of aromatic nitrogens is 3. The third-order valence-corrected chi connectivity index (χ3v) is 5.48. The Hall–Kier alpha value is -2.74. The van der Waals surface area contributed by atoms with E-state index in [1.807, 2.05) is 0 Å². The van der Waals surface area contributed by atoms with Crippen LogP contribution < -0.4 is 11.2 Å². The fraction of sp³-hybridized carbons (Fsp3) is 0.368. The number of nitrogens with zero attached hydrogens (tertiary/aromatic N) is 3. The van der Waals surface area contributed by atoms with Gasteiger partial charge in [0.1, 0.15) is 5.41 Å². The first kappa shape index (κ1) is 19.0. The number of rotatable bonds is 4. The Morgan fingerprint density at radius 3 is 2.63 bits per heavy atom. The Kier molecular flexibility index (Phi) is 4.77. The van der Waals surface area contributed by atoms with E-state index >= 15 is 0 Å². The van der Waals surface area contributed by atoms with Gasteiger partial charge >= 0.3 is 11.7 Å². The van der Waals surface area contributed by atoms with E-state index in [4.69, 9.17) is 4.74 Å². The Balaban J connectivity index is 2.23. The molecule has 0 saturated carbocycles. The largest absolute Gasteiger partial charge is 0.465 e. The molecule has 2 heterocycles. The molecule has 0 aliphatic rings. The molecule has 0 amide bonds. The molecular weight excluding hydrogens is 366 g/mol. The monoisotopic (exact) mass is 387 g/mol. The van der Waals surface area contributed by atoms with Gasteiger partial charge in [-0.05, 0) is 57.4 Å². The van der Waals surface area contributed by atoms with Crippen molar-refractivity contribution in [2.24, 2.45) is 7.05 Å². The van der Waals surface area contributed by atoms with Gasteiger partial charge in [-0.1, -0.05) is 0 Å². The first-order chi connectivity index (χ1) is 12.7. The molecule has 0 atom stereocenters. The van der Waals surface area contributed by atoms with E-state index in [0.717, 1.165) is 14.7 Å². The number of hydrogen-bond acceptors (Lipinski definition) is 6. The fourth-order valence-corrected chi connectivity index (χ4v) is 3.80. The summed E-state index contributed by atoms with van der Waals surface area (Å²) < 4.78 is 13.0. The minimum absolute atomic E-state index is 0.282. The summed E-state index contributed by atoms with van der Waals surface area (Å²) in [6.07, 6.45) is 0. The van der Waals surface area contributed by atoms with Crippen LogP contribution in [0.15, 0.2) is 33.9 Å². The Morgan fingerprint density at radius 1 is 1.26 bits per heavy atom. The topological polar surface area (TPSA) is 83.2 Å². The maximum Gasteiger partial charge on any atom is 0.335 e. The van der Waals surface area contributed by atoms with E-state index in [9.17, 15) is 14.4 Å². The lowest BCUT2D eigenvalue weighted by atomic mass is 9.87. The Bertz CT molecular complexity index is 1150. The molecule has 2 aromatic heterocycles. The highest BCUT2D eigenvalue weighted by atomic mass is 32.1. The van der Waals surface area contributed by atoms with Crippen molar-refractivity contribution in [1.29, 1.82) is 0 Å². The summed E-state index contributed by atoms with van der Waals surface area (Å²) in [5.74, 6) is -0.369. The van der Waals surface area contributed by atoms with Crippen LogP contribution >= 0.6 is 11.5 Å². The van der Waals surface area contributed by atoms with Crippen molar-refractivity contribution in [3.8, 4) is 5.69 Å². The molecule has 8 heteroatoms. The average molecular weight is 387 g/mol. The van der Waals surface area contributed by atoms with Crippen LogP contribution in [-0.2, 0) is 22.0 Å². The lowest BCUT2D eigenvalue weighted by Gasteiger charge is -2.20. The first-order valence-corrected chi connectivity index (χ1v) is 9.33. The van der Waals surface area contributed by atoms with Crippen LogP contribution in [0.5, 0.6) is 0 Å². The second-order valence-corrected chi connectivity index (χ2v) is 7.66. The molecule has 0 aliphatic heterocycles. The van der Waals surface area contributed by atoms with Gasteiger partial charge in [0.25, 0.3) is 5.56 Å². The average Bonchev–Trinajstić information content (AvgIpc) is 3.04. The quantitative estimate of drug-likeness (QED) is 0.642. The summed E-state index contributed by atoms with van der Waals surface area (Å²) in [6, 6.07) is 6.66. The molecule has 0 spiro atoms. The number of aryl methyl sites for hydroxylation is 1. The highest BCUT2D eigenvalue weighted by Gasteiger charge is 2.35. The van der Waals surface area contributed by atoms with Crippen LogP contribution in [0.2, 0.25) is 0 Å². The number of benzene rings is 1. The van der Waals surface area contributed by atoms with E-state index in [1.54, 1.807) is 52.9 Å². The van der Waals surface area contributed by atoms with Crippen LogP contribution in [0, 0.1) is 6.92 Å². The van der Waals surface area contributed by atoms with Gasteiger partial charge in [0, 0.05) is 24.2 Å². The van der Waals surface area contributed by atoms with Crippen LogP contribution in [0.25, 0.3) is 15.8 Å². The normalized spacial score (nSPS) is 11.7. The molecule has 0 saturated heterocycles. The molecule has 0 bridgehead atoms. The molecule has 1 aromatic carbocycles. The van der Waals surface area contributed by atoms with Crippen LogP contribution in [0.1, 0.15) is 32.2 Å². The molecule has 0 N–H and O–H groups in total. The maximum absolute atomic E-state index is 12.6. The SMILES string of the molecule is CCOC(=O)C(C)(C)c1nsc2ccc(-n3c(=O)cc(C)n(C)c3=O)cc12. The number of esters is 1. The van der Waals surface area contributed by atoms with E-state index in [2.05, 4.69) is 4.37 Å². The number of carbonyl (C=O) groups excluding carboxylic acids is 1. The second-order valence-electron chi connectivity index (χ2n) is 6.86. The molecule has 0 aliphatic carbocycles. The summed E-state index contributed by atoms with van der Waals surface area (Å²) in [4.78, 5) is 37.4. The molecule has 3 rings (SSSR count). The number of fused-ring (bicyclic) bond motifs is 1. The van der Waals surface area contributed by atoms with Gasteiger partial charge in [0.15, 0.2) is 0 Å². The van der Waals surface area contributed by atoms with Crippen LogP contribution in [0.4, 0.5) is 0 Å². The molecule has 3 aromatic rings. The van der Waals surface area contributed by atoms with Gasteiger partial charge in [0.05, 0.1) is 22.7 Å². The highest BCUT2D eigenvalue weighted by Crippen LogP contribution is 2.34. The predicted molar refractivity (Wildman–Crippen MR) is 105 cm³/mol. The number of ether oxygens (including phenoxy) is 1. The fourth-order valence-electron chi connectivity index (χ4n) is 2.90. The second kappa shape index (κ2) is 6.77. The first-order valence-electron chi connectivity index (χ1n) is 8.55. The minimum Gasteiger partial charge on any atom is -0.465 e. The molecule has 27 heavy (non-hydrogen) atoms. The van der Waals surface area contributed by atoms with Gasteiger partial charge < -0.3 is 9.30 Å². The van der Waals surface area contributed by atoms with Gasteiger partial charge in [-0.15, -0.1) is 0 Å². The Morgan fingerprint density at radius 2 is 1.96 bits per heavy atom. The molecule has 0 unspecified atom stereocenters. The standard InChI is InChI=1S/C19H21N3O4S/c1-6-26-17(24)19(3,4)16-13-10-12(7-8-14(13)27-20-16)22-15(23)9-11(2)21(5)18(22)25/h7-10H,6H2,1-5H3.